The molecular weight excluding hydrogens is 342 g/mol. The minimum Gasteiger partial charge on any atom is -0.444 e. The summed E-state index contributed by atoms with van der Waals surface area (Å²) in [6, 6.07) is 8.42. The van der Waals surface area contributed by atoms with Gasteiger partial charge in [-0.15, -0.1) is 11.3 Å². The molecule has 0 aliphatic heterocycles. The maximum absolute atomic E-state index is 12.2. The summed E-state index contributed by atoms with van der Waals surface area (Å²) in [5, 5.41) is 16.5. The summed E-state index contributed by atoms with van der Waals surface area (Å²) in [7, 11) is 0. The molecule has 0 spiro atoms. The van der Waals surface area contributed by atoms with Gasteiger partial charge in [0.25, 0.3) is 5.91 Å². The normalized spacial score (nSPS) is 12.3. The van der Waals surface area contributed by atoms with Crippen molar-refractivity contribution in [2.75, 3.05) is 11.9 Å². The van der Waals surface area contributed by atoms with Crippen LogP contribution in [0.15, 0.2) is 35.7 Å². The molecule has 1 atom stereocenters. The van der Waals surface area contributed by atoms with Gasteiger partial charge in [-0.05, 0) is 20.8 Å². The molecule has 0 fully saturated rings. The highest BCUT2D eigenvalue weighted by Gasteiger charge is 2.24. The fraction of sp³-hybridized carbons (Fsp3) is 0.353. The Labute approximate surface area is 150 Å². The van der Waals surface area contributed by atoms with Crippen LogP contribution in [0.25, 0.3) is 11.3 Å². The number of alkyl carbamates (subject to hydrolysis) is 1. The number of ether oxygens (including phenoxy) is 1. The Kier molecular flexibility index (Phi) is 6.11. The highest BCUT2D eigenvalue weighted by Crippen LogP contribution is 2.24. The molecule has 2 amide bonds. The van der Waals surface area contributed by atoms with Gasteiger partial charge in [0, 0.05) is 10.9 Å². The van der Waals surface area contributed by atoms with Crippen LogP contribution in [0.1, 0.15) is 20.8 Å². The Morgan fingerprint density at radius 1 is 1.28 bits per heavy atom. The molecular formula is C17H21N3O4S. The van der Waals surface area contributed by atoms with Crippen molar-refractivity contribution >= 4 is 28.5 Å². The number of aliphatic hydroxyl groups is 1. The number of aromatic nitrogens is 1. The Morgan fingerprint density at radius 3 is 2.56 bits per heavy atom. The zero-order valence-corrected chi connectivity index (χ0v) is 15.1. The van der Waals surface area contributed by atoms with Gasteiger partial charge in [-0.2, -0.15) is 0 Å². The molecule has 0 aliphatic rings. The van der Waals surface area contributed by atoms with Crippen LogP contribution in [-0.2, 0) is 9.53 Å². The molecule has 0 bridgehead atoms. The average Bonchev–Trinajstić information content (AvgIpc) is 3.00. The second-order valence-corrected chi connectivity index (χ2v) is 7.13. The van der Waals surface area contributed by atoms with Crippen molar-refractivity contribution < 1.29 is 19.4 Å². The number of carbonyl (C=O) groups is 2. The van der Waals surface area contributed by atoms with E-state index in [2.05, 4.69) is 15.6 Å². The third-order valence-electron chi connectivity index (χ3n) is 2.99. The minimum atomic E-state index is -1.13. The number of carbonyl (C=O) groups excluding carboxylic acids is 2. The van der Waals surface area contributed by atoms with E-state index in [4.69, 9.17) is 4.74 Å². The van der Waals surface area contributed by atoms with Crippen LogP contribution >= 0.6 is 11.3 Å². The molecule has 1 aromatic carbocycles. The standard InChI is InChI=1S/C17H21N3O4S/c1-17(2,3)24-16(23)19-12(9-21)14(22)20-15-18-13(10-25-15)11-7-5-4-6-8-11/h4-8,10,12,21H,9H2,1-3H3,(H,19,23)(H,18,20,22). The monoisotopic (exact) mass is 363 g/mol. The van der Waals surface area contributed by atoms with Crippen molar-refractivity contribution in [3.63, 3.8) is 0 Å². The zero-order chi connectivity index (χ0) is 18.4. The van der Waals surface area contributed by atoms with Gasteiger partial charge < -0.3 is 20.5 Å². The fourth-order valence-corrected chi connectivity index (χ4v) is 2.63. The van der Waals surface area contributed by atoms with Crippen LogP contribution in [0.5, 0.6) is 0 Å². The Hall–Kier alpha value is -2.45. The number of hydrogen-bond acceptors (Lipinski definition) is 6. The lowest BCUT2D eigenvalue weighted by Crippen LogP contribution is -2.47. The summed E-state index contributed by atoms with van der Waals surface area (Å²) in [5.74, 6) is -0.567. The van der Waals surface area contributed by atoms with Crippen molar-refractivity contribution in [2.24, 2.45) is 0 Å². The minimum absolute atomic E-state index is 0.383. The molecule has 2 rings (SSSR count). The van der Waals surface area contributed by atoms with E-state index in [1.165, 1.54) is 11.3 Å². The van der Waals surface area contributed by atoms with Crippen LogP contribution in [0, 0.1) is 0 Å². The number of benzene rings is 1. The van der Waals surface area contributed by atoms with E-state index in [9.17, 15) is 14.7 Å². The van der Waals surface area contributed by atoms with E-state index < -0.39 is 30.3 Å². The Morgan fingerprint density at radius 2 is 1.96 bits per heavy atom. The molecule has 3 N–H and O–H groups in total. The van der Waals surface area contributed by atoms with Crippen LogP contribution in [-0.4, -0.2) is 40.3 Å². The first-order chi connectivity index (χ1) is 11.8. The number of aliphatic hydroxyl groups excluding tert-OH is 1. The van der Waals surface area contributed by atoms with Gasteiger partial charge in [-0.3, -0.25) is 4.79 Å². The van der Waals surface area contributed by atoms with Crippen LogP contribution in [0.3, 0.4) is 0 Å². The summed E-state index contributed by atoms with van der Waals surface area (Å²) in [4.78, 5) is 28.3. The predicted molar refractivity (Wildman–Crippen MR) is 96.4 cm³/mol. The van der Waals surface area contributed by atoms with E-state index in [0.29, 0.717) is 5.13 Å². The van der Waals surface area contributed by atoms with E-state index in [1.54, 1.807) is 20.8 Å². The summed E-state index contributed by atoms with van der Waals surface area (Å²) < 4.78 is 5.08. The van der Waals surface area contributed by atoms with E-state index in [0.717, 1.165) is 11.3 Å². The summed E-state index contributed by atoms with van der Waals surface area (Å²) in [5.41, 5.74) is 0.979. The fourth-order valence-electron chi connectivity index (χ4n) is 1.91. The number of anilines is 1. The highest BCUT2D eigenvalue weighted by molar-refractivity contribution is 7.14. The largest absolute Gasteiger partial charge is 0.444 e. The molecule has 1 unspecified atom stereocenters. The number of rotatable bonds is 5. The molecule has 2 aromatic rings. The summed E-state index contributed by atoms with van der Waals surface area (Å²) >= 11 is 1.26. The topological polar surface area (TPSA) is 101 Å². The lowest BCUT2D eigenvalue weighted by molar-refractivity contribution is -0.119. The number of thiazole rings is 1. The number of amides is 2. The van der Waals surface area contributed by atoms with Gasteiger partial charge in [-0.1, -0.05) is 30.3 Å². The quantitative estimate of drug-likeness (QED) is 0.758. The van der Waals surface area contributed by atoms with Crippen molar-refractivity contribution in [1.29, 1.82) is 0 Å². The van der Waals surface area contributed by atoms with Gasteiger partial charge in [0.2, 0.25) is 0 Å². The second kappa shape index (κ2) is 8.09. The maximum Gasteiger partial charge on any atom is 0.408 e. The van der Waals surface area contributed by atoms with E-state index >= 15 is 0 Å². The predicted octanol–water partition coefficient (Wildman–Crippen LogP) is 2.63. The third-order valence-corrected chi connectivity index (χ3v) is 3.75. The van der Waals surface area contributed by atoms with Crippen LogP contribution < -0.4 is 10.6 Å². The highest BCUT2D eigenvalue weighted by atomic mass is 32.1. The van der Waals surface area contributed by atoms with Gasteiger partial charge in [-0.25, -0.2) is 9.78 Å². The molecule has 7 nitrogen and oxygen atoms in total. The lowest BCUT2D eigenvalue weighted by Gasteiger charge is -2.22. The smallest absolute Gasteiger partial charge is 0.408 e. The molecule has 25 heavy (non-hydrogen) atoms. The van der Waals surface area contributed by atoms with Crippen molar-refractivity contribution in [1.82, 2.24) is 10.3 Å². The number of nitrogens with zero attached hydrogens (tertiary/aromatic N) is 1. The molecule has 0 aliphatic carbocycles. The van der Waals surface area contributed by atoms with Gasteiger partial charge in [0.1, 0.15) is 11.6 Å². The first-order valence-electron chi connectivity index (χ1n) is 7.70. The first kappa shape index (κ1) is 18.9. The SMILES string of the molecule is CC(C)(C)OC(=O)NC(CO)C(=O)Nc1nc(-c2ccccc2)cs1. The lowest BCUT2D eigenvalue weighted by atomic mass is 10.2. The molecule has 1 aromatic heterocycles. The zero-order valence-electron chi connectivity index (χ0n) is 14.3. The molecule has 8 heteroatoms. The van der Waals surface area contributed by atoms with Gasteiger partial charge in [0.05, 0.1) is 12.3 Å². The van der Waals surface area contributed by atoms with Crippen molar-refractivity contribution in [2.45, 2.75) is 32.4 Å². The first-order valence-corrected chi connectivity index (χ1v) is 8.58. The Balaban J connectivity index is 1.98. The summed E-state index contributed by atoms with van der Waals surface area (Å²) in [6.07, 6.45) is -0.772. The van der Waals surface area contributed by atoms with Crippen molar-refractivity contribution in [3.05, 3.63) is 35.7 Å². The number of nitrogens with one attached hydrogen (secondary N) is 2. The van der Waals surface area contributed by atoms with E-state index in [1.807, 2.05) is 35.7 Å². The average molecular weight is 363 g/mol. The van der Waals surface area contributed by atoms with E-state index in [-0.39, 0.29) is 0 Å². The second-order valence-electron chi connectivity index (χ2n) is 6.27. The molecule has 0 radical (unpaired) electrons. The Bertz CT molecular complexity index is 725. The maximum atomic E-state index is 12.2. The summed E-state index contributed by atoms with van der Waals surface area (Å²) in [6.45, 7) is 4.58. The molecule has 134 valence electrons. The van der Waals surface area contributed by atoms with Crippen LogP contribution in [0.2, 0.25) is 0 Å². The molecule has 1 heterocycles. The van der Waals surface area contributed by atoms with Crippen molar-refractivity contribution in [3.8, 4) is 11.3 Å². The van der Waals surface area contributed by atoms with Gasteiger partial charge >= 0.3 is 6.09 Å². The third kappa shape index (κ3) is 5.84. The molecule has 0 saturated heterocycles. The number of hydrogen-bond donors (Lipinski definition) is 3. The molecule has 0 saturated carbocycles. The van der Waals surface area contributed by atoms with Gasteiger partial charge in [0.15, 0.2) is 5.13 Å². The van der Waals surface area contributed by atoms with Crippen LogP contribution in [0.4, 0.5) is 9.93 Å².